The van der Waals surface area contributed by atoms with Gasteiger partial charge in [-0.3, -0.25) is 4.79 Å². The van der Waals surface area contributed by atoms with Crippen LogP contribution in [0.4, 0.5) is 8.78 Å². The second kappa shape index (κ2) is 39.2. The van der Waals surface area contributed by atoms with Crippen molar-refractivity contribution in [3.8, 4) is 17.2 Å². The lowest BCUT2D eigenvalue weighted by atomic mass is 9.87. The second-order valence-electron chi connectivity index (χ2n) is 23.9. The maximum absolute atomic E-state index is 12.0. The van der Waals surface area contributed by atoms with E-state index >= 15 is 0 Å². The fraction of sp³-hybridized carbons (Fsp3) is 0.373. The molecule has 0 aliphatic rings. The van der Waals surface area contributed by atoms with Gasteiger partial charge in [-0.1, -0.05) is 253 Å². The molecule has 0 saturated heterocycles. The highest BCUT2D eigenvalue weighted by Crippen LogP contribution is 2.31. The smallest absolute Gasteiger partial charge is 0.387 e. The van der Waals surface area contributed by atoms with E-state index in [1.165, 1.54) is 70.0 Å². The van der Waals surface area contributed by atoms with E-state index in [0.717, 1.165) is 28.8 Å². The summed E-state index contributed by atoms with van der Waals surface area (Å²) in [5, 5.41) is 17.5. The third kappa shape index (κ3) is 29.1. The number of rotatable bonds is 10. The summed E-state index contributed by atoms with van der Waals surface area (Å²) in [6.07, 6.45) is 2.09. The third-order valence-corrected chi connectivity index (χ3v) is 13.6. The lowest BCUT2D eigenvalue weighted by Crippen LogP contribution is -2.12. The number of hydrogen-bond acceptors (Lipinski definition) is 8. The van der Waals surface area contributed by atoms with Crippen LogP contribution in [-0.2, 0) is 16.8 Å². The van der Waals surface area contributed by atoms with Gasteiger partial charge in [-0.2, -0.15) is 8.78 Å². The van der Waals surface area contributed by atoms with Crippen molar-refractivity contribution in [3.63, 3.8) is 0 Å². The number of H-pyrrole nitrogens is 1. The largest absolute Gasteiger partial charge is 0.435 e. The molecule has 2 aromatic heterocycles. The fourth-order valence-electron chi connectivity index (χ4n) is 7.83. The van der Waals surface area contributed by atoms with Crippen molar-refractivity contribution in [1.82, 2.24) is 20.2 Å². The Morgan fingerprint density at radius 1 is 0.598 bits per heavy atom. The number of nitrogens with zero attached hydrogens (tertiary/aromatic N) is 3. The summed E-state index contributed by atoms with van der Waals surface area (Å²) < 4.78 is 33.5. The Hall–Kier alpha value is -7.60. The van der Waals surface area contributed by atoms with Gasteiger partial charge in [0, 0.05) is 16.5 Å². The van der Waals surface area contributed by atoms with Crippen molar-refractivity contribution in [2.75, 3.05) is 0 Å². The Balaban J connectivity index is 0.000000345. The molecule has 0 atom stereocenters. The molecule has 12 heteroatoms. The molecule has 0 fully saturated rings. The second-order valence-corrected chi connectivity index (χ2v) is 24.3. The van der Waals surface area contributed by atoms with Crippen LogP contribution in [-0.4, -0.2) is 38.2 Å². The number of nitrogens with one attached hydrogen (secondary N) is 1. The number of aliphatic hydroxyl groups is 1. The summed E-state index contributed by atoms with van der Waals surface area (Å²) in [4.78, 5) is 27.6. The molecule has 87 heavy (non-hydrogen) atoms. The van der Waals surface area contributed by atoms with Crippen molar-refractivity contribution in [3.05, 3.63) is 247 Å². The third-order valence-electron chi connectivity index (χ3n) is 13.4. The van der Waals surface area contributed by atoms with Gasteiger partial charge < -0.3 is 24.0 Å². The zero-order valence-corrected chi connectivity index (χ0v) is 55.8. The molecule has 468 valence electrons. The van der Waals surface area contributed by atoms with Gasteiger partial charge in [-0.05, 0) is 144 Å². The quantitative estimate of drug-likeness (QED) is 0.129. The van der Waals surface area contributed by atoms with E-state index in [2.05, 4.69) is 219 Å². The molecule has 0 unspecified atom stereocenters. The first-order valence-corrected chi connectivity index (χ1v) is 30.3. The molecule has 9 nitrogen and oxygen atoms in total. The number of alkyl halides is 2. The first-order chi connectivity index (χ1) is 41.0. The van der Waals surface area contributed by atoms with Gasteiger partial charge in [-0.15, -0.1) is 10.2 Å². The first-order valence-electron chi connectivity index (χ1n) is 29.9. The topological polar surface area (TPSA) is 131 Å². The van der Waals surface area contributed by atoms with Gasteiger partial charge in [0.15, 0.2) is 0 Å². The Kier molecular flexibility index (Phi) is 34.1. The minimum Gasteiger partial charge on any atom is -0.435 e. The molecule has 9 aromatic rings. The Labute approximate surface area is 524 Å². The van der Waals surface area contributed by atoms with Crippen molar-refractivity contribution in [2.24, 2.45) is 0 Å². The number of para-hydroxylation sites is 1. The molecule has 0 bridgehead atoms. The van der Waals surface area contributed by atoms with Crippen molar-refractivity contribution in [1.29, 1.82) is 0 Å². The number of ether oxygens (including phenoxy) is 1. The number of hydrogen-bond donors (Lipinski definition) is 2. The Bertz CT molecular complexity index is 3230. The SMILES string of the molecule is CC(C)(C)c1ccc(-c2nnco2)cc1.CC(C)c1cc(Cl)ccc1OC(F)F.CC(C)c1ccc(CO)cc1.CC(C)c1nc2ccccc2c(=O)[nH]1.CC=O.Cc1ccc(C(C)C)cc1.Cc1ccc(C(C)C)cc1.Cc1ccc(C(C)C)cc1. The normalized spacial score (nSPS) is 10.6. The lowest BCUT2D eigenvalue weighted by Gasteiger charge is -2.18. The number of aromatic nitrogens is 4. The van der Waals surface area contributed by atoms with Gasteiger partial charge in [0.25, 0.3) is 5.56 Å². The monoisotopic (exact) mass is 1210 g/mol. The van der Waals surface area contributed by atoms with Crippen molar-refractivity contribution < 1.29 is 27.8 Å². The van der Waals surface area contributed by atoms with Crippen LogP contribution in [0.15, 0.2) is 179 Å². The molecule has 0 amide bonds. The highest BCUT2D eigenvalue weighted by molar-refractivity contribution is 6.30. The maximum Gasteiger partial charge on any atom is 0.387 e. The van der Waals surface area contributed by atoms with Crippen LogP contribution in [0.3, 0.4) is 0 Å². The number of aliphatic hydroxyl groups excluding tert-OH is 1. The van der Waals surface area contributed by atoms with E-state index in [1.807, 2.05) is 70.2 Å². The van der Waals surface area contributed by atoms with Gasteiger partial charge in [-0.25, -0.2) is 4.98 Å². The fourth-order valence-corrected chi connectivity index (χ4v) is 8.01. The Morgan fingerprint density at radius 3 is 1.38 bits per heavy atom. The number of aldehydes is 1. The summed E-state index contributed by atoms with van der Waals surface area (Å²) in [6.45, 7) is 37.1. The van der Waals surface area contributed by atoms with Crippen molar-refractivity contribution >= 4 is 28.8 Å². The van der Waals surface area contributed by atoms with Crippen LogP contribution in [0, 0.1) is 20.8 Å². The first kappa shape index (κ1) is 75.5. The van der Waals surface area contributed by atoms with E-state index in [4.69, 9.17) is 25.9 Å². The minimum absolute atomic E-state index is 0.0562. The standard InChI is InChI=1S/C12H14N2O.C11H12N2O.C10H11ClF2O.C10H14O.3C10H14.C2H4O/c1-12(2,3)10-6-4-9(5-7-10)11-14-13-8-15-11;1-7(2)10-12-9-6-4-3-5-8(9)11(14)13-10;1-6(2)8-5-7(11)3-4-9(8)14-10(12)13;1-8(2)10-5-3-9(7-11)4-6-10;3*1-8(2)10-6-4-9(3)5-7-10;1-2-3/h4-8H,1-3H3;3-7H,1-2H3,(H,12,13,14);3-6,10H,1-2H3;3-6,8,11H,7H2,1-2H3;3*4-8H,1-3H3;2H,1H3. The molecule has 2 heterocycles. The molecule has 0 aliphatic carbocycles. The molecular formula is C75H97ClF2N4O5. The molecule has 0 radical (unpaired) electrons. The van der Waals surface area contributed by atoms with E-state index in [-0.39, 0.29) is 35.2 Å². The van der Waals surface area contributed by atoms with Gasteiger partial charge in [0.05, 0.1) is 17.5 Å². The average Bonchev–Trinajstić information content (AvgIpc) is 4.22. The van der Waals surface area contributed by atoms with Crippen LogP contribution in [0.25, 0.3) is 22.4 Å². The van der Waals surface area contributed by atoms with Crippen molar-refractivity contribution in [2.45, 2.75) is 186 Å². The zero-order valence-electron chi connectivity index (χ0n) is 55.0. The summed E-state index contributed by atoms with van der Waals surface area (Å²) in [6, 6.07) is 54.4. The number of carbonyl (C=O) groups excluding carboxylic acids is 1. The summed E-state index contributed by atoms with van der Waals surface area (Å²) in [5.74, 6) is 4.38. The molecule has 9 rings (SSSR count). The van der Waals surface area contributed by atoms with E-state index < -0.39 is 6.61 Å². The predicted octanol–water partition coefficient (Wildman–Crippen LogP) is 21.0. The minimum atomic E-state index is -2.80. The average molecular weight is 1210 g/mol. The Morgan fingerprint density at radius 2 is 1.02 bits per heavy atom. The van der Waals surface area contributed by atoms with Gasteiger partial charge >= 0.3 is 6.61 Å². The summed E-state index contributed by atoms with van der Waals surface area (Å²) in [5.41, 5.74) is 14.4. The lowest BCUT2D eigenvalue weighted by molar-refractivity contribution is -0.106. The molecule has 2 N–H and O–H groups in total. The van der Waals surface area contributed by atoms with Gasteiger partial charge in [0.2, 0.25) is 12.3 Å². The molecule has 0 aliphatic heterocycles. The number of carbonyl (C=O) groups is 1. The predicted molar refractivity (Wildman–Crippen MR) is 361 cm³/mol. The van der Waals surface area contributed by atoms with Crippen LogP contribution >= 0.6 is 11.6 Å². The molecule has 0 spiro atoms. The zero-order chi connectivity index (χ0) is 65.4. The van der Waals surface area contributed by atoms with Crippen LogP contribution < -0.4 is 10.3 Å². The van der Waals surface area contributed by atoms with Gasteiger partial charge in [0.1, 0.15) is 17.9 Å². The highest BCUT2D eigenvalue weighted by atomic mass is 35.5. The van der Waals surface area contributed by atoms with Crippen LogP contribution in [0.2, 0.25) is 5.02 Å². The highest BCUT2D eigenvalue weighted by Gasteiger charge is 2.15. The number of aromatic amines is 1. The maximum atomic E-state index is 12.0. The molecule has 7 aromatic carbocycles. The van der Waals surface area contributed by atoms with E-state index in [0.29, 0.717) is 45.5 Å². The summed E-state index contributed by atoms with van der Waals surface area (Å²) in [7, 11) is 0. The number of fused-ring (bicyclic) bond motifs is 1. The molecule has 0 saturated carbocycles. The number of halogens is 3. The summed E-state index contributed by atoms with van der Waals surface area (Å²) >= 11 is 5.75. The number of benzene rings is 7. The molecular weight excluding hydrogens is 1110 g/mol. The van der Waals surface area contributed by atoms with Crippen LogP contribution in [0.5, 0.6) is 5.75 Å². The van der Waals surface area contributed by atoms with E-state index in [1.54, 1.807) is 12.1 Å². The number of aryl methyl sites for hydroxylation is 3. The van der Waals surface area contributed by atoms with E-state index in [9.17, 15) is 13.6 Å². The van der Waals surface area contributed by atoms with Crippen LogP contribution in [0.1, 0.15) is 208 Å².